The van der Waals surface area contributed by atoms with Crippen LogP contribution in [0.4, 0.5) is 5.69 Å². The van der Waals surface area contributed by atoms with Crippen molar-refractivity contribution in [3.05, 3.63) is 18.2 Å². The zero-order chi connectivity index (χ0) is 12.1. The van der Waals surface area contributed by atoms with Crippen LogP contribution < -0.4 is 14.8 Å². The molecule has 4 nitrogen and oxygen atoms in total. The minimum absolute atomic E-state index is 0.0446. The van der Waals surface area contributed by atoms with Gasteiger partial charge in [-0.1, -0.05) is 6.92 Å². The molecule has 0 fully saturated rings. The van der Waals surface area contributed by atoms with Crippen LogP contribution in [0.1, 0.15) is 13.3 Å². The highest BCUT2D eigenvalue weighted by Gasteiger charge is 2.12. The van der Waals surface area contributed by atoms with Gasteiger partial charge in [-0.05, 0) is 18.6 Å². The van der Waals surface area contributed by atoms with Crippen LogP contribution in [0, 0.1) is 17.2 Å². The predicted octanol–water partition coefficient (Wildman–Crippen LogP) is 2.42. The lowest BCUT2D eigenvalue weighted by Crippen LogP contribution is -2.16. The number of hydrogen-bond donors (Lipinski definition) is 1. The van der Waals surface area contributed by atoms with Crippen molar-refractivity contribution in [1.29, 1.82) is 5.26 Å². The molecule has 0 saturated heterocycles. The summed E-state index contributed by atoms with van der Waals surface area (Å²) in [7, 11) is 0. The molecule has 1 aliphatic heterocycles. The lowest BCUT2D eigenvalue weighted by molar-refractivity contribution is 0.171. The van der Waals surface area contributed by atoms with Crippen LogP contribution in [-0.2, 0) is 0 Å². The highest BCUT2D eigenvalue weighted by Crippen LogP contribution is 2.32. The molecular weight excluding hydrogens is 216 g/mol. The molecule has 0 aromatic heterocycles. The minimum Gasteiger partial charge on any atom is -0.486 e. The Labute approximate surface area is 101 Å². The Kier molecular flexibility index (Phi) is 3.71. The summed E-state index contributed by atoms with van der Waals surface area (Å²) in [6.45, 7) is 3.87. The fourth-order valence-corrected chi connectivity index (χ4v) is 1.68. The maximum Gasteiger partial charge on any atom is 0.163 e. The third-order valence-electron chi connectivity index (χ3n) is 2.77. The molecule has 2 rings (SSSR count). The number of fused-ring (bicyclic) bond motifs is 1. The van der Waals surface area contributed by atoms with E-state index in [1.807, 2.05) is 25.1 Å². The average Bonchev–Trinajstić information content (AvgIpc) is 2.40. The van der Waals surface area contributed by atoms with Crippen molar-refractivity contribution in [2.45, 2.75) is 13.3 Å². The van der Waals surface area contributed by atoms with Gasteiger partial charge in [0.1, 0.15) is 13.2 Å². The van der Waals surface area contributed by atoms with E-state index in [0.29, 0.717) is 19.8 Å². The number of rotatable bonds is 4. The SMILES string of the molecule is CCC(C#N)CNc1ccc2c(c1)OCCO2. The third-order valence-corrected chi connectivity index (χ3v) is 2.77. The van der Waals surface area contributed by atoms with E-state index in [0.717, 1.165) is 23.6 Å². The predicted molar refractivity (Wildman–Crippen MR) is 65.3 cm³/mol. The molecule has 1 aliphatic rings. The van der Waals surface area contributed by atoms with E-state index in [-0.39, 0.29) is 5.92 Å². The summed E-state index contributed by atoms with van der Waals surface area (Å²) < 4.78 is 10.9. The fraction of sp³-hybridized carbons (Fsp3) is 0.462. The standard InChI is InChI=1S/C13H16N2O2/c1-2-10(8-14)9-15-11-3-4-12-13(7-11)17-6-5-16-12/h3-4,7,10,15H,2,5-6,9H2,1H3. The van der Waals surface area contributed by atoms with Gasteiger partial charge in [-0.3, -0.25) is 0 Å². The van der Waals surface area contributed by atoms with Crippen molar-refractivity contribution >= 4 is 5.69 Å². The minimum atomic E-state index is 0.0446. The summed E-state index contributed by atoms with van der Waals surface area (Å²) >= 11 is 0. The first kappa shape index (κ1) is 11.6. The van der Waals surface area contributed by atoms with Gasteiger partial charge in [-0.2, -0.15) is 5.26 Å². The molecule has 0 saturated carbocycles. The van der Waals surface area contributed by atoms with E-state index in [9.17, 15) is 0 Å². The molecule has 0 bridgehead atoms. The van der Waals surface area contributed by atoms with Crippen molar-refractivity contribution in [1.82, 2.24) is 0 Å². The van der Waals surface area contributed by atoms with Gasteiger partial charge in [0.05, 0.1) is 12.0 Å². The molecule has 0 amide bonds. The van der Waals surface area contributed by atoms with E-state index >= 15 is 0 Å². The molecule has 1 unspecified atom stereocenters. The van der Waals surface area contributed by atoms with E-state index in [1.165, 1.54) is 0 Å². The highest BCUT2D eigenvalue weighted by molar-refractivity contribution is 5.55. The molecule has 1 atom stereocenters. The monoisotopic (exact) mass is 232 g/mol. The van der Waals surface area contributed by atoms with E-state index in [2.05, 4.69) is 11.4 Å². The molecule has 4 heteroatoms. The summed E-state index contributed by atoms with van der Waals surface area (Å²) in [5.74, 6) is 1.60. The number of ether oxygens (including phenoxy) is 2. The summed E-state index contributed by atoms with van der Waals surface area (Å²) in [6.07, 6.45) is 0.855. The second kappa shape index (κ2) is 5.44. The maximum atomic E-state index is 8.86. The van der Waals surface area contributed by atoms with Gasteiger partial charge >= 0.3 is 0 Å². The Bertz CT molecular complexity index is 426. The lowest BCUT2D eigenvalue weighted by Gasteiger charge is -2.19. The normalized spacial score (nSPS) is 14.8. The van der Waals surface area contributed by atoms with Gasteiger partial charge in [0.15, 0.2) is 11.5 Å². The van der Waals surface area contributed by atoms with Gasteiger partial charge in [0.2, 0.25) is 0 Å². The van der Waals surface area contributed by atoms with Crippen LogP contribution in [0.2, 0.25) is 0 Å². The third kappa shape index (κ3) is 2.82. The van der Waals surface area contributed by atoms with Gasteiger partial charge in [0.25, 0.3) is 0 Å². The van der Waals surface area contributed by atoms with E-state index < -0.39 is 0 Å². The number of nitrogens with one attached hydrogen (secondary N) is 1. The average molecular weight is 232 g/mol. The van der Waals surface area contributed by atoms with Crippen molar-refractivity contribution in [2.75, 3.05) is 25.1 Å². The Balaban J connectivity index is 2.00. The molecule has 0 aliphatic carbocycles. The molecule has 1 heterocycles. The van der Waals surface area contributed by atoms with Gasteiger partial charge < -0.3 is 14.8 Å². The van der Waals surface area contributed by atoms with Gasteiger partial charge in [-0.25, -0.2) is 0 Å². The number of nitrogens with zero attached hydrogens (tertiary/aromatic N) is 1. The number of anilines is 1. The van der Waals surface area contributed by atoms with Crippen molar-refractivity contribution in [2.24, 2.45) is 5.92 Å². The first-order valence-electron chi connectivity index (χ1n) is 5.86. The Morgan fingerprint density at radius 1 is 1.35 bits per heavy atom. The molecule has 1 aromatic rings. The second-order valence-corrected chi connectivity index (χ2v) is 3.97. The summed E-state index contributed by atoms with van der Waals surface area (Å²) in [6, 6.07) is 8.02. The van der Waals surface area contributed by atoms with E-state index in [4.69, 9.17) is 14.7 Å². The zero-order valence-electron chi connectivity index (χ0n) is 9.90. The lowest BCUT2D eigenvalue weighted by atomic mass is 10.1. The number of nitriles is 1. The van der Waals surface area contributed by atoms with Crippen molar-refractivity contribution in [3.8, 4) is 17.6 Å². The zero-order valence-corrected chi connectivity index (χ0v) is 9.90. The Hall–Kier alpha value is -1.89. The molecule has 0 spiro atoms. The molecule has 1 aromatic carbocycles. The second-order valence-electron chi connectivity index (χ2n) is 3.97. The summed E-state index contributed by atoms with van der Waals surface area (Å²) in [5, 5.41) is 12.1. The molecule has 17 heavy (non-hydrogen) atoms. The van der Waals surface area contributed by atoms with Gasteiger partial charge in [0, 0.05) is 18.3 Å². The van der Waals surface area contributed by atoms with Crippen LogP contribution in [0.5, 0.6) is 11.5 Å². The smallest absolute Gasteiger partial charge is 0.163 e. The summed E-state index contributed by atoms with van der Waals surface area (Å²) in [4.78, 5) is 0. The Morgan fingerprint density at radius 3 is 2.82 bits per heavy atom. The summed E-state index contributed by atoms with van der Waals surface area (Å²) in [5.41, 5.74) is 0.961. The van der Waals surface area contributed by atoms with E-state index in [1.54, 1.807) is 0 Å². The number of hydrogen-bond acceptors (Lipinski definition) is 4. The van der Waals surface area contributed by atoms with Crippen LogP contribution >= 0.6 is 0 Å². The van der Waals surface area contributed by atoms with Crippen LogP contribution in [0.3, 0.4) is 0 Å². The van der Waals surface area contributed by atoms with Gasteiger partial charge in [-0.15, -0.1) is 0 Å². The fourth-order valence-electron chi connectivity index (χ4n) is 1.68. The quantitative estimate of drug-likeness (QED) is 0.866. The molecule has 1 N–H and O–H groups in total. The first-order valence-corrected chi connectivity index (χ1v) is 5.86. The largest absolute Gasteiger partial charge is 0.486 e. The topological polar surface area (TPSA) is 54.3 Å². The number of benzene rings is 1. The van der Waals surface area contributed by atoms with Crippen LogP contribution in [0.25, 0.3) is 0 Å². The highest BCUT2D eigenvalue weighted by atomic mass is 16.6. The molecular formula is C13H16N2O2. The first-order chi connectivity index (χ1) is 8.33. The van der Waals surface area contributed by atoms with Crippen molar-refractivity contribution < 1.29 is 9.47 Å². The van der Waals surface area contributed by atoms with Crippen LogP contribution in [-0.4, -0.2) is 19.8 Å². The van der Waals surface area contributed by atoms with Crippen LogP contribution in [0.15, 0.2) is 18.2 Å². The van der Waals surface area contributed by atoms with Crippen molar-refractivity contribution in [3.63, 3.8) is 0 Å². The Morgan fingerprint density at radius 2 is 2.12 bits per heavy atom. The maximum absolute atomic E-state index is 8.86. The molecule has 0 radical (unpaired) electrons. The molecule has 90 valence electrons.